The van der Waals surface area contributed by atoms with E-state index < -0.39 is 0 Å². The fraction of sp³-hybridized carbons (Fsp3) is 0.333. The third kappa shape index (κ3) is 3.53. The summed E-state index contributed by atoms with van der Waals surface area (Å²) in [5, 5.41) is 18.8. The number of phenols is 2. The molecular weight excluding hydrogens is 248 g/mol. The Labute approximate surface area is 120 Å². The maximum Gasteiger partial charge on any atom is 0.115 e. The summed E-state index contributed by atoms with van der Waals surface area (Å²) >= 11 is 0. The number of rotatable bonds is 5. The fourth-order valence-electron chi connectivity index (χ4n) is 2.54. The molecule has 2 aromatic rings. The Balaban J connectivity index is 2.23. The SMILES string of the molecule is CCC(C)C(Cc1ccc(O)cc1)c1ccc(O)cc1. The standard InChI is InChI=1S/C18H22O2/c1-3-13(2)18(15-6-10-17(20)11-7-15)12-14-4-8-16(19)9-5-14/h4-11,13,18-20H,3,12H2,1-2H3. The largest absolute Gasteiger partial charge is 0.508 e. The van der Waals surface area contributed by atoms with Crippen molar-refractivity contribution in [3.8, 4) is 11.5 Å². The van der Waals surface area contributed by atoms with Crippen molar-refractivity contribution in [2.24, 2.45) is 5.92 Å². The minimum absolute atomic E-state index is 0.304. The van der Waals surface area contributed by atoms with Gasteiger partial charge >= 0.3 is 0 Å². The highest BCUT2D eigenvalue weighted by molar-refractivity contribution is 5.32. The number of hydrogen-bond acceptors (Lipinski definition) is 2. The van der Waals surface area contributed by atoms with Crippen LogP contribution >= 0.6 is 0 Å². The van der Waals surface area contributed by atoms with Crippen molar-refractivity contribution in [3.05, 3.63) is 59.7 Å². The van der Waals surface area contributed by atoms with E-state index in [4.69, 9.17) is 0 Å². The monoisotopic (exact) mass is 270 g/mol. The van der Waals surface area contributed by atoms with Gasteiger partial charge in [0.15, 0.2) is 0 Å². The van der Waals surface area contributed by atoms with E-state index in [1.165, 1.54) is 11.1 Å². The first kappa shape index (κ1) is 14.4. The third-order valence-corrected chi connectivity index (χ3v) is 4.04. The number of benzene rings is 2. The van der Waals surface area contributed by atoms with Crippen molar-refractivity contribution in [2.75, 3.05) is 0 Å². The Kier molecular flexibility index (Phi) is 4.67. The lowest BCUT2D eigenvalue weighted by molar-refractivity contribution is 0.440. The average molecular weight is 270 g/mol. The summed E-state index contributed by atoms with van der Waals surface area (Å²) in [6, 6.07) is 14.9. The van der Waals surface area contributed by atoms with Gasteiger partial charge in [0.25, 0.3) is 0 Å². The predicted octanol–water partition coefficient (Wildman–Crippen LogP) is 4.47. The van der Waals surface area contributed by atoms with Crippen LogP contribution in [0.4, 0.5) is 0 Å². The molecule has 2 nitrogen and oxygen atoms in total. The highest BCUT2D eigenvalue weighted by Gasteiger charge is 2.18. The lowest BCUT2D eigenvalue weighted by Crippen LogP contribution is -2.12. The summed E-state index contributed by atoms with van der Waals surface area (Å²) < 4.78 is 0. The van der Waals surface area contributed by atoms with E-state index in [9.17, 15) is 10.2 Å². The quantitative estimate of drug-likeness (QED) is 0.841. The summed E-state index contributed by atoms with van der Waals surface area (Å²) in [4.78, 5) is 0. The summed E-state index contributed by atoms with van der Waals surface area (Å²) in [7, 11) is 0. The highest BCUT2D eigenvalue weighted by atomic mass is 16.3. The van der Waals surface area contributed by atoms with Crippen molar-refractivity contribution < 1.29 is 10.2 Å². The second kappa shape index (κ2) is 6.47. The van der Waals surface area contributed by atoms with E-state index in [0.717, 1.165) is 12.8 Å². The molecule has 2 heteroatoms. The second-order valence-corrected chi connectivity index (χ2v) is 5.45. The van der Waals surface area contributed by atoms with Crippen LogP contribution in [0.15, 0.2) is 48.5 Å². The van der Waals surface area contributed by atoms with Crippen molar-refractivity contribution in [1.29, 1.82) is 0 Å². The van der Waals surface area contributed by atoms with Crippen LogP contribution in [0, 0.1) is 5.92 Å². The van der Waals surface area contributed by atoms with Gasteiger partial charge in [-0.05, 0) is 53.6 Å². The van der Waals surface area contributed by atoms with Crippen LogP contribution in [0.25, 0.3) is 0 Å². The van der Waals surface area contributed by atoms with Crippen LogP contribution in [0.5, 0.6) is 11.5 Å². The normalized spacial score (nSPS) is 13.9. The van der Waals surface area contributed by atoms with Gasteiger partial charge in [-0.25, -0.2) is 0 Å². The molecule has 2 rings (SSSR count). The van der Waals surface area contributed by atoms with Gasteiger partial charge in [-0.1, -0.05) is 44.5 Å². The molecule has 20 heavy (non-hydrogen) atoms. The van der Waals surface area contributed by atoms with Crippen LogP contribution in [0.2, 0.25) is 0 Å². The minimum atomic E-state index is 0.304. The average Bonchev–Trinajstić information content (AvgIpc) is 2.47. The third-order valence-electron chi connectivity index (χ3n) is 4.04. The molecule has 0 aliphatic rings. The predicted molar refractivity (Wildman–Crippen MR) is 82.1 cm³/mol. The van der Waals surface area contributed by atoms with Gasteiger partial charge in [0.2, 0.25) is 0 Å². The van der Waals surface area contributed by atoms with Crippen molar-refractivity contribution in [3.63, 3.8) is 0 Å². The van der Waals surface area contributed by atoms with Crippen LogP contribution in [0.1, 0.15) is 37.3 Å². The molecule has 0 aliphatic carbocycles. The summed E-state index contributed by atoms with van der Waals surface area (Å²) in [6.45, 7) is 4.47. The van der Waals surface area contributed by atoms with Crippen LogP contribution in [-0.2, 0) is 6.42 Å². The molecule has 0 saturated heterocycles. The maximum atomic E-state index is 9.43. The molecule has 0 aromatic heterocycles. The van der Waals surface area contributed by atoms with Crippen molar-refractivity contribution in [1.82, 2.24) is 0 Å². The van der Waals surface area contributed by atoms with Gasteiger partial charge in [-0.2, -0.15) is 0 Å². The first-order valence-electron chi connectivity index (χ1n) is 7.17. The summed E-state index contributed by atoms with van der Waals surface area (Å²) in [5.41, 5.74) is 2.48. The van der Waals surface area contributed by atoms with Crippen LogP contribution in [0.3, 0.4) is 0 Å². The molecule has 106 valence electrons. The zero-order chi connectivity index (χ0) is 14.5. The van der Waals surface area contributed by atoms with E-state index in [1.807, 2.05) is 24.3 Å². The molecule has 2 aromatic carbocycles. The molecule has 0 amide bonds. The topological polar surface area (TPSA) is 40.5 Å². The van der Waals surface area contributed by atoms with E-state index in [1.54, 1.807) is 24.3 Å². The Morgan fingerprint density at radius 2 is 1.35 bits per heavy atom. The maximum absolute atomic E-state index is 9.43. The summed E-state index contributed by atoms with van der Waals surface area (Å²) in [6.07, 6.45) is 2.06. The van der Waals surface area contributed by atoms with Crippen molar-refractivity contribution in [2.45, 2.75) is 32.6 Å². The Bertz CT molecular complexity index is 528. The van der Waals surface area contributed by atoms with Gasteiger partial charge < -0.3 is 10.2 Å². The molecule has 2 unspecified atom stereocenters. The molecule has 2 atom stereocenters. The molecule has 0 fully saturated rings. The number of hydrogen-bond donors (Lipinski definition) is 2. The molecule has 2 N–H and O–H groups in total. The zero-order valence-corrected chi connectivity index (χ0v) is 12.1. The highest BCUT2D eigenvalue weighted by Crippen LogP contribution is 2.31. The minimum Gasteiger partial charge on any atom is -0.508 e. The second-order valence-electron chi connectivity index (χ2n) is 5.45. The first-order valence-corrected chi connectivity index (χ1v) is 7.17. The number of phenolic OH excluding ortho intramolecular Hbond substituents is 2. The van der Waals surface area contributed by atoms with Gasteiger partial charge in [0.05, 0.1) is 0 Å². The van der Waals surface area contributed by atoms with Gasteiger partial charge in [0, 0.05) is 0 Å². The van der Waals surface area contributed by atoms with Crippen LogP contribution in [-0.4, -0.2) is 10.2 Å². The zero-order valence-electron chi connectivity index (χ0n) is 12.1. The Morgan fingerprint density at radius 1 is 0.850 bits per heavy atom. The van der Waals surface area contributed by atoms with Gasteiger partial charge in [-0.3, -0.25) is 0 Å². The summed E-state index contributed by atoms with van der Waals surface area (Å²) in [5.74, 6) is 1.60. The Hall–Kier alpha value is -1.96. The van der Waals surface area contributed by atoms with Gasteiger partial charge in [0.1, 0.15) is 11.5 Å². The van der Waals surface area contributed by atoms with E-state index in [0.29, 0.717) is 23.3 Å². The first-order chi connectivity index (χ1) is 9.60. The molecule has 0 heterocycles. The molecule has 0 saturated carbocycles. The molecule has 0 radical (unpaired) electrons. The Morgan fingerprint density at radius 3 is 1.85 bits per heavy atom. The molecule has 0 aliphatic heterocycles. The van der Waals surface area contributed by atoms with Crippen molar-refractivity contribution >= 4 is 0 Å². The van der Waals surface area contributed by atoms with E-state index >= 15 is 0 Å². The number of aromatic hydroxyl groups is 2. The lowest BCUT2D eigenvalue weighted by Gasteiger charge is -2.24. The van der Waals surface area contributed by atoms with Crippen LogP contribution < -0.4 is 0 Å². The molecule has 0 spiro atoms. The molecular formula is C18H22O2. The van der Waals surface area contributed by atoms with E-state index in [2.05, 4.69) is 13.8 Å². The van der Waals surface area contributed by atoms with E-state index in [-0.39, 0.29) is 0 Å². The lowest BCUT2D eigenvalue weighted by atomic mass is 9.81. The smallest absolute Gasteiger partial charge is 0.115 e. The molecule has 0 bridgehead atoms. The fourth-order valence-corrected chi connectivity index (χ4v) is 2.54. The van der Waals surface area contributed by atoms with Gasteiger partial charge in [-0.15, -0.1) is 0 Å².